The van der Waals surface area contributed by atoms with Crippen molar-refractivity contribution in [2.24, 2.45) is 0 Å². The number of carbonyl (C=O) groups is 3. The van der Waals surface area contributed by atoms with Crippen LogP contribution in [0.25, 0.3) is 0 Å². The Morgan fingerprint density at radius 2 is 1.81 bits per heavy atom. The van der Waals surface area contributed by atoms with Crippen molar-refractivity contribution in [3.8, 4) is 5.75 Å². The molecule has 2 aliphatic rings. The Morgan fingerprint density at radius 3 is 2.44 bits per heavy atom. The lowest BCUT2D eigenvalue weighted by molar-refractivity contribution is -0.649. The number of nitrogens with one attached hydrogen (secondary N) is 2. The number of imide groups is 1. The third-order valence-corrected chi connectivity index (χ3v) is 7.50. The summed E-state index contributed by atoms with van der Waals surface area (Å²) in [4.78, 5) is 40.7. The maximum Gasteiger partial charge on any atom is 0.426 e. The molecule has 10 heteroatoms. The monoisotopic (exact) mass is 604 g/mol. The van der Waals surface area contributed by atoms with Crippen LogP contribution >= 0.6 is 22.6 Å². The van der Waals surface area contributed by atoms with Crippen molar-refractivity contribution < 1.29 is 32.4 Å². The van der Waals surface area contributed by atoms with Crippen molar-refractivity contribution in [3.63, 3.8) is 0 Å². The number of rotatable bonds is 6. The molecule has 3 atom stereocenters. The highest BCUT2D eigenvalue weighted by Gasteiger charge is 2.85. The van der Waals surface area contributed by atoms with Gasteiger partial charge in [0.1, 0.15) is 17.4 Å². The molecular formula is C26H21F2IN3O4+. The summed E-state index contributed by atoms with van der Waals surface area (Å²) in [5.74, 6) is -1.63. The third kappa shape index (κ3) is 3.84. The maximum absolute atomic E-state index is 14.5. The van der Waals surface area contributed by atoms with Crippen LogP contribution in [0.15, 0.2) is 66.7 Å². The van der Waals surface area contributed by atoms with Crippen molar-refractivity contribution in [1.82, 2.24) is 5.32 Å². The smallest absolute Gasteiger partial charge is 0.426 e. The van der Waals surface area contributed by atoms with Gasteiger partial charge in [-0.2, -0.15) is 4.48 Å². The zero-order valence-electron chi connectivity index (χ0n) is 19.1. The minimum Gasteiger partial charge on any atom is -0.497 e. The van der Waals surface area contributed by atoms with E-state index in [0.29, 0.717) is 20.4 Å². The molecule has 2 heterocycles. The number of anilines is 1. The van der Waals surface area contributed by atoms with Gasteiger partial charge in [-0.25, -0.2) is 18.4 Å². The Labute approximate surface area is 219 Å². The number of methoxy groups -OCH3 is 1. The van der Waals surface area contributed by atoms with Crippen LogP contribution in [0.5, 0.6) is 5.75 Å². The molecule has 7 nitrogen and oxygen atoms in total. The summed E-state index contributed by atoms with van der Waals surface area (Å²) in [6.45, 7) is -0.0977. The van der Waals surface area contributed by atoms with E-state index in [1.807, 2.05) is 22.6 Å². The van der Waals surface area contributed by atoms with Gasteiger partial charge in [0.25, 0.3) is 5.91 Å². The molecule has 184 valence electrons. The van der Waals surface area contributed by atoms with E-state index in [1.165, 1.54) is 43.5 Å². The van der Waals surface area contributed by atoms with Gasteiger partial charge >= 0.3 is 11.9 Å². The summed E-state index contributed by atoms with van der Waals surface area (Å²) in [6.07, 6.45) is -0.0143. The molecule has 1 spiro atoms. The molecule has 2 fully saturated rings. The van der Waals surface area contributed by atoms with Crippen molar-refractivity contribution in [3.05, 3.63) is 93.1 Å². The van der Waals surface area contributed by atoms with Gasteiger partial charge < -0.3 is 10.1 Å². The molecule has 1 unspecified atom stereocenters. The first kappa shape index (κ1) is 24.3. The molecule has 4 amide bonds. The quantitative estimate of drug-likeness (QED) is 0.190. The fraction of sp³-hybridized carbons (Fsp3) is 0.192. The van der Waals surface area contributed by atoms with Gasteiger partial charge in [-0.15, -0.1) is 0 Å². The number of urea groups is 1. The number of ether oxygens (including phenoxy) is 1. The Morgan fingerprint density at radius 1 is 1.11 bits per heavy atom. The Kier molecular flexibility index (Phi) is 6.03. The molecule has 5 rings (SSSR count). The Balaban J connectivity index is 1.51. The third-order valence-electron chi connectivity index (χ3n) is 6.82. The van der Waals surface area contributed by atoms with Crippen LogP contribution in [-0.2, 0) is 16.0 Å². The number of hydrogen-bond acceptors (Lipinski definition) is 4. The van der Waals surface area contributed by atoms with E-state index in [-0.39, 0.29) is 18.7 Å². The van der Waals surface area contributed by atoms with Crippen molar-refractivity contribution >= 4 is 46.1 Å². The second-order valence-electron chi connectivity index (χ2n) is 8.87. The number of halogens is 3. The molecule has 0 radical (unpaired) electrons. The van der Waals surface area contributed by atoms with Gasteiger partial charge in [0.2, 0.25) is 5.54 Å². The van der Waals surface area contributed by atoms with E-state index in [2.05, 4.69) is 10.6 Å². The average Bonchev–Trinajstić information content (AvgIpc) is 3.49. The van der Waals surface area contributed by atoms with E-state index in [0.717, 1.165) is 0 Å². The van der Waals surface area contributed by atoms with E-state index >= 15 is 0 Å². The number of amides is 4. The molecule has 36 heavy (non-hydrogen) atoms. The lowest BCUT2D eigenvalue weighted by Crippen LogP contribution is -2.49. The van der Waals surface area contributed by atoms with Crippen LogP contribution in [-0.4, -0.2) is 41.5 Å². The van der Waals surface area contributed by atoms with E-state index in [9.17, 15) is 23.2 Å². The molecule has 0 aromatic heterocycles. The van der Waals surface area contributed by atoms with Gasteiger partial charge in [0.05, 0.1) is 12.8 Å². The lowest BCUT2D eigenvalue weighted by atomic mass is 9.97. The molecular weight excluding hydrogens is 583 g/mol. The largest absolute Gasteiger partial charge is 0.497 e. The fourth-order valence-corrected chi connectivity index (χ4v) is 5.29. The van der Waals surface area contributed by atoms with Gasteiger partial charge in [0, 0.05) is 9.99 Å². The minimum absolute atomic E-state index is 0.0143. The zero-order valence-corrected chi connectivity index (χ0v) is 21.2. The van der Waals surface area contributed by atoms with Crippen molar-refractivity contribution in [1.29, 1.82) is 0 Å². The van der Waals surface area contributed by atoms with Crippen LogP contribution in [0.2, 0.25) is 0 Å². The molecule has 0 bridgehead atoms. The van der Waals surface area contributed by atoms with E-state index < -0.39 is 45.5 Å². The lowest BCUT2D eigenvalue weighted by Gasteiger charge is -2.18. The molecule has 2 saturated heterocycles. The summed E-state index contributed by atoms with van der Waals surface area (Å²) in [5.41, 5.74) is -0.452. The second-order valence-corrected chi connectivity index (χ2v) is 10.1. The summed E-state index contributed by atoms with van der Waals surface area (Å²) < 4.78 is 33.1. The van der Waals surface area contributed by atoms with E-state index in [4.69, 9.17) is 4.74 Å². The molecule has 3 aromatic carbocycles. The molecule has 2 aliphatic heterocycles. The summed E-state index contributed by atoms with van der Waals surface area (Å²) in [6, 6.07) is 15.0. The predicted molar refractivity (Wildman–Crippen MR) is 135 cm³/mol. The normalized spacial score (nSPS) is 24.5. The highest BCUT2D eigenvalue weighted by atomic mass is 127. The van der Waals surface area contributed by atoms with Crippen LogP contribution < -0.4 is 15.4 Å². The van der Waals surface area contributed by atoms with Crippen LogP contribution in [0.4, 0.5) is 19.3 Å². The summed E-state index contributed by atoms with van der Waals surface area (Å²) >= 11 is 1.95. The Hall–Kier alpha value is -3.38. The summed E-state index contributed by atoms with van der Waals surface area (Å²) in [5, 5.41) is 5.30. The zero-order chi connectivity index (χ0) is 25.7. The molecule has 2 N–H and O–H groups in total. The van der Waals surface area contributed by atoms with Gasteiger partial charge in [-0.05, 0) is 76.2 Å². The predicted octanol–water partition coefficient (Wildman–Crippen LogP) is 4.32. The topological polar surface area (TPSA) is 84.5 Å². The molecule has 0 saturated carbocycles. The second kappa shape index (κ2) is 8.93. The standard InChI is InChI=1S/C26H20F2IN3O4/c1-36-19-9-4-16(5-10-19)22-23(33)32(25(35)31-22)14-26(32,13-15-2-6-17(27)7-3-15)24(34)30-21-11-8-18(29)12-20(21)28/h2-12,22H,13-14H2,1H3,(H-,30,31,34,35)/p+1/t22-,26+,32?/m1/s1. The molecule has 0 aliphatic carbocycles. The van der Waals surface area contributed by atoms with E-state index in [1.54, 1.807) is 30.3 Å². The first-order valence-corrected chi connectivity index (χ1v) is 12.2. The SMILES string of the molecule is COc1ccc([C@H]2NC(=O)[N+]3(C[C@@]3(Cc3ccc(F)cc3)C(=O)Nc3ccc(I)cc3F)C2=O)cc1. The van der Waals surface area contributed by atoms with Crippen LogP contribution in [0, 0.1) is 15.2 Å². The van der Waals surface area contributed by atoms with Gasteiger partial charge in [0.15, 0.2) is 12.6 Å². The number of nitrogens with zero attached hydrogens (tertiary/aromatic N) is 1. The van der Waals surface area contributed by atoms with Crippen molar-refractivity contribution in [2.75, 3.05) is 19.0 Å². The number of hydrogen-bond donors (Lipinski definition) is 2. The van der Waals surface area contributed by atoms with Gasteiger partial charge in [-0.3, -0.25) is 10.1 Å². The van der Waals surface area contributed by atoms with Crippen LogP contribution in [0.1, 0.15) is 17.2 Å². The van der Waals surface area contributed by atoms with Crippen molar-refractivity contribution in [2.45, 2.75) is 18.0 Å². The van der Waals surface area contributed by atoms with Gasteiger partial charge in [-0.1, -0.05) is 24.3 Å². The number of carbonyl (C=O) groups excluding carboxylic acids is 3. The highest BCUT2D eigenvalue weighted by molar-refractivity contribution is 14.1. The minimum atomic E-state index is -1.52. The first-order valence-electron chi connectivity index (χ1n) is 11.1. The molecule has 3 aromatic rings. The van der Waals surface area contributed by atoms with Crippen LogP contribution in [0.3, 0.4) is 0 Å². The highest BCUT2D eigenvalue weighted by Crippen LogP contribution is 2.52. The Bertz CT molecular complexity index is 1380. The number of benzene rings is 3. The first-order chi connectivity index (χ1) is 17.2. The summed E-state index contributed by atoms with van der Waals surface area (Å²) in [7, 11) is 1.52. The maximum atomic E-state index is 14.5. The average molecular weight is 604 g/mol. The fourth-order valence-electron chi connectivity index (χ4n) is 4.84. The number of quaternary nitrogens is 1.